The van der Waals surface area contributed by atoms with Crippen LogP contribution >= 0.6 is 11.6 Å². The lowest BCUT2D eigenvalue weighted by atomic mass is 10.2. The van der Waals surface area contributed by atoms with Gasteiger partial charge in [0, 0.05) is 6.20 Å². The third-order valence-electron chi connectivity index (χ3n) is 1.94. The third-order valence-corrected chi connectivity index (χ3v) is 2.16. The highest BCUT2D eigenvalue weighted by atomic mass is 35.5. The maximum atomic E-state index is 11.5. The van der Waals surface area contributed by atoms with E-state index in [0.717, 1.165) is 0 Å². The summed E-state index contributed by atoms with van der Waals surface area (Å²) in [4.78, 5) is 14.2. The van der Waals surface area contributed by atoms with Crippen molar-refractivity contribution in [3.63, 3.8) is 0 Å². The fourth-order valence-corrected chi connectivity index (χ4v) is 1.20. The zero-order valence-corrected chi connectivity index (χ0v) is 8.64. The number of carbonyl (C=O) groups is 1. The van der Waals surface area contributed by atoms with Gasteiger partial charge in [0.15, 0.2) is 0 Å². The van der Waals surface area contributed by atoms with Crippen molar-refractivity contribution >= 4 is 17.5 Å². The topological polar surface area (TPSA) is 65.1 Å². The maximum absolute atomic E-state index is 11.5. The minimum absolute atomic E-state index is 0.0588. The molecule has 3 N–H and O–H groups in total. The second-order valence-electron chi connectivity index (χ2n) is 2.99. The van der Waals surface area contributed by atoms with Crippen molar-refractivity contribution in [2.75, 3.05) is 6.61 Å². The van der Waals surface area contributed by atoms with Crippen LogP contribution in [-0.2, 0) is 0 Å². The second-order valence-corrected chi connectivity index (χ2v) is 3.43. The molecule has 0 aliphatic heterocycles. The summed E-state index contributed by atoms with van der Waals surface area (Å²) in [7, 11) is 0. The molecule has 0 saturated heterocycles. The van der Waals surface area contributed by atoms with Crippen molar-refractivity contribution < 1.29 is 9.90 Å². The highest BCUT2D eigenvalue weighted by molar-refractivity contribution is 6.30. The number of hydrogen-bond acceptors (Lipinski definition) is 2. The molecule has 1 heterocycles. The monoisotopic (exact) mass is 216 g/mol. The van der Waals surface area contributed by atoms with Gasteiger partial charge in [-0.2, -0.15) is 0 Å². The Morgan fingerprint density at radius 3 is 2.93 bits per heavy atom. The first-order valence-electron chi connectivity index (χ1n) is 4.43. The molecule has 14 heavy (non-hydrogen) atoms. The fraction of sp³-hybridized carbons (Fsp3) is 0.444. The van der Waals surface area contributed by atoms with E-state index < -0.39 is 0 Å². The number of hydrogen-bond donors (Lipinski definition) is 3. The summed E-state index contributed by atoms with van der Waals surface area (Å²) in [5.74, 6) is -0.252. The van der Waals surface area contributed by atoms with Gasteiger partial charge in [-0.3, -0.25) is 4.79 Å². The largest absolute Gasteiger partial charge is 0.394 e. The van der Waals surface area contributed by atoms with E-state index in [2.05, 4.69) is 10.3 Å². The van der Waals surface area contributed by atoms with Gasteiger partial charge in [-0.15, -0.1) is 0 Å². The number of carbonyl (C=O) groups excluding carboxylic acids is 1. The van der Waals surface area contributed by atoms with E-state index in [-0.39, 0.29) is 18.6 Å². The SMILES string of the molecule is CC[C@@H](CO)NC(=O)c1cc(Cl)c[nH]1. The minimum atomic E-state index is -0.252. The Morgan fingerprint density at radius 1 is 1.79 bits per heavy atom. The van der Waals surface area contributed by atoms with Gasteiger partial charge in [0.05, 0.1) is 17.7 Å². The number of aliphatic hydroxyl groups is 1. The molecule has 5 heteroatoms. The molecule has 0 bridgehead atoms. The standard InChI is InChI=1S/C9H13ClN2O2/c1-2-7(5-13)12-9(14)8-3-6(10)4-11-8/h3-4,7,11,13H,2,5H2,1H3,(H,12,14)/t7-/m0/s1. The number of aromatic nitrogens is 1. The van der Waals surface area contributed by atoms with Crippen molar-refractivity contribution in [1.82, 2.24) is 10.3 Å². The van der Waals surface area contributed by atoms with Crippen LogP contribution in [0.25, 0.3) is 0 Å². The normalized spacial score (nSPS) is 12.5. The molecule has 1 aromatic rings. The Morgan fingerprint density at radius 2 is 2.50 bits per heavy atom. The van der Waals surface area contributed by atoms with Gasteiger partial charge in [0.2, 0.25) is 0 Å². The van der Waals surface area contributed by atoms with E-state index in [4.69, 9.17) is 16.7 Å². The Labute approximate surface area is 87.3 Å². The van der Waals surface area contributed by atoms with E-state index in [9.17, 15) is 4.79 Å². The molecule has 1 amide bonds. The Kier molecular flexibility index (Phi) is 3.98. The lowest BCUT2D eigenvalue weighted by Crippen LogP contribution is -2.37. The number of nitrogens with one attached hydrogen (secondary N) is 2. The molecule has 78 valence electrons. The molecule has 0 aliphatic carbocycles. The number of aromatic amines is 1. The molecule has 0 aromatic carbocycles. The van der Waals surface area contributed by atoms with Gasteiger partial charge in [-0.1, -0.05) is 18.5 Å². The van der Waals surface area contributed by atoms with Crippen molar-refractivity contribution in [3.8, 4) is 0 Å². The Balaban J connectivity index is 2.58. The molecule has 1 aromatic heterocycles. The summed E-state index contributed by atoms with van der Waals surface area (Å²) < 4.78 is 0. The van der Waals surface area contributed by atoms with Crippen LogP contribution in [0.1, 0.15) is 23.8 Å². The predicted octanol–water partition coefficient (Wildman–Crippen LogP) is 1.17. The molecule has 0 aliphatic rings. The first-order valence-corrected chi connectivity index (χ1v) is 4.80. The van der Waals surface area contributed by atoms with E-state index in [1.807, 2.05) is 6.92 Å². The summed E-state index contributed by atoms with van der Waals surface area (Å²) >= 11 is 5.65. The number of amides is 1. The highest BCUT2D eigenvalue weighted by Crippen LogP contribution is 2.09. The summed E-state index contributed by atoms with van der Waals surface area (Å²) in [5.41, 5.74) is 0.405. The molecule has 0 radical (unpaired) electrons. The van der Waals surface area contributed by atoms with E-state index >= 15 is 0 Å². The van der Waals surface area contributed by atoms with Gasteiger partial charge < -0.3 is 15.4 Å². The van der Waals surface area contributed by atoms with Gasteiger partial charge >= 0.3 is 0 Å². The van der Waals surface area contributed by atoms with Crippen LogP contribution in [0.5, 0.6) is 0 Å². The molecular weight excluding hydrogens is 204 g/mol. The van der Waals surface area contributed by atoms with E-state index in [1.165, 1.54) is 6.20 Å². The van der Waals surface area contributed by atoms with Crippen molar-refractivity contribution in [1.29, 1.82) is 0 Å². The summed E-state index contributed by atoms with van der Waals surface area (Å²) in [5, 5.41) is 12.0. The second kappa shape index (κ2) is 5.02. The first-order chi connectivity index (χ1) is 6.67. The van der Waals surface area contributed by atoms with Gasteiger partial charge in [-0.25, -0.2) is 0 Å². The number of aliphatic hydroxyl groups excluding tert-OH is 1. The third kappa shape index (κ3) is 2.75. The lowest BCUT2D eigenvalue weighted by Gasteiger charge is -2.12. The summed E-state index contributed by atoms with van der Waals surface area (Å²) in [6, 6.07) is 1.34. The summed E-state index contributed by atoms with van der Waals surface area (Å²) in [6.07, 6.45) is 2.23. The molecule has 0 saturated carbocycles. The molecule has 0 fully saturated rings. The van der Waals surface area contributed by atoms with Crippen molar-refractivity contribution in [3.05, 3.63) is 23.0 Å². The van der Waals surface area contributed by atoms with Gasteiger partial charge in [0.1, 0.15) is 5.69 Å². The summed E-state index contributed by atoms with van der Waals surface area (Å²) in [6.45, 7) is 1.83. The maximum Gasteiger partial charge on any atom is 0.268 e. The number of rotatable bonds is 4. The number of H-pyrrole nitrogens is 1. The van der Waals surface area contributed by atoms with E-state index in [0.29, 0.717) is 17.1 Å². The van der Waals surface area contributed by atoms with Crippen LogP contribution in [0, 0.1) is 0 Å². The molecule has 0 spiro atoms. The zero-order valence-electron chi connectivity index (χ0n) is 7.88. The predicted molar refractivity (Wildman–Crippen MR) is 54.4 cm³/mol. The molecule has 1 atom stereocenters. The molecule has 4 nitrogen and oxygen atoms in total. The minimum Gasteiger partial charge on any atom is -0.394 e. The quantitative estimate of drug-likeness (QED) is 0.708. The van der Waals surface area contributed by atoms with Crippen molar-refractivity contribution in [2.45, 2.75) is 19.4 Å². The van der Waals surface area contributed by atoms with Crippen LogP contribution in [0.2, 0.25) is 5.02 Å². The van der Waals surface area contributed by atoms with Crippen LogP contribution in [0.3, 0.4) is 0 Å². The van der Waals surface area contributed by atoms with Crippen molar-refractivity contribution in [2.24, 2.45) is 0 Å². The van der Waals surface area contributed by atoms with Crippen LogP contribution < -0.4 is 5.32 Å². The Bertz CT molecular complexity index is 308. The average molecular weight is 217 g/mol. The molecule has 1 rings (SSSR count). The lowest BCUT2D eigenvalue weighted by molar-refractivity contribution is 0.0910. The van der Waals surface area contributed by atoms with Crippen LogP contribution in [0.4, 0.5) is 0 Å². The smallest absolute Gasteiger partial charge is 0.268 e. The Hall–Kier alpha value is -1.00. The average Bonchev–Trinajstić information content (AvgIpc) is 2.61. The fourth-order valence-electron chi connectivity index (χ4n) is 1.04. The molecular formula is C9H13ClN2O2. The van der Waals surface area contributed by atoms with Crippen LogP contribution in [-0.4, -0.2) is 28.6 Å². The highest BCUT2D eigenvalue weighted by Gasteiger charge is 2.12. The first kappa shape index (κ1) is 11.1. The van der Waals surface area contributed by atoms with Crippen LogP contribution in [0.15, 0.2) is 12.3 Å². The van der Waals surface area contributed by atoms with Gasteiger partial charge in [-0.05, 0) is 12.5 Å². The van der Waals surface area contributed by atoms with E-state index in [1.54, 1.807) is 6.07 Å². The molecule has 0 unspecified atom stereocenters. The van der Waals surface area contributed by atoms with Gasteiger partial charge in [0.25, 0.3) is 5.91 Å². The number of halogens is 1. The zero-order chi connectivity index (χ0) is 10.6.